The highest BCUT2D eigenvalue weighted by molar-refractivity contribution is 6.36. The second-order valence-electron chi connectivity index (χ2n) is 2.54. The van der Waals surface area contributed by atoms with Gasteiger partial charge >= 0.3 is 5.97 Å². The molecule has 0 heterocycles. The summed E-state index contributed by atoms with van der Waals surface area (Å²) >= 11 is 11.4. The van der Waals surface area contributed by atoms with Crippen LogP contribution in [0.25, 0.3) is 0 Å². The highest BCUT2D eigenvalue weighted by Gasteiger charge is 2.09. The van der Waals surface area contributed by atoms with Crippen LogP contribution >= 0.6 is 23.2 Å². The first-order valence-corrected chi connectivity index (χ1v) is 4.21. The predicted molar refractivity (Wildman–Crippen MR) is 52.2 cm³/mol. The minimum atomic E-state index is -0.969. The van der Waals surface area contributed by atoms with Crippen molar-refractivity contribution in [1.82, 2.24) is 0 Å². The molecule has 1 rings (SSSR count). The molecule has 3 N–H and O–H groups in total. The third-order valence-corrected chi connectivity index (χ3v) is 2.16. The Hall–Kier alpha value is -0.930. The van der Waals surface area contributed by atoms with E-state index in [9.17, 15) is 4.79 Å². The predicted octanol–water partition coefficient (Wildman–Crippen LogP) is 2.20. The Labute approximate surface area is 85.1 Å². The van der Waals surface area contributed by atoms with Crippen LogP contribution in [0.5, 0.6) is 0 Å². The Balaban J connectivity index is 3.12. The maximum Gasteiger partial charge on any atom is 0.307 e. The standard InChI is InChI=1S/C8H7Cl2NO2/c9-5-1-4(2-7(12)13)8(10)6(11)3-5/h1,3H,2,11H2,(H,12,13). The first-order valence-electron chi connectivity index (χ1n) is 3.46. The summed E-state index contributed by atoms with van der Waals surface area (Å²) < 4.78 is 0. The highest BCUT2D eigenvalue weighted by atomic mass is 35.5. The number of aliphatic carboxylic acids is 1. The molecular weight excluding hydrogens is 213 g/mol. The minimum Gasteiger partial charge on any atom is -0.481 e. The molecule has 0 saturated heterocycles. The first kappa shape index (κ1) is 10.2. The molecule has 0 fully saturated rings. The van der Waals surface area contributed by atoms with E-state index in [0.717, 1.165) is 0 Å². The van der Waals surface area contributed by atoms with Gasteiger partial charge in [-0.3, -0.25) is 4.79 Å². The largest absolute Gasteiger partial charge is 0.481 e. The third kappa shape index (κ3) is 2.50. The van der Waals surface area contributed by atoms with Gasteiger partial charge in [-0.25, -0.2) is 0 Å². The summed E-state index contributed by atoms with van der Waals surface area (Å²) in [4.78, 5) is 10.4. The van der Waals surface area contributed by atoms with Crippen molar-refractivity contribution in [3.8, 4) is 0 Å². The summed E-state index contributed by atoms with van der Waals surface area (Å²) in [6, 6.07) is 2.98. The molecule has 0 atom stereocenters. The fourth-order valence-electron chi connectivity index (χ4n) is 0.960. The minimum absolute atomic E-state index is 0.177. The molecule has 0 aliphatic carbocycles. The lowest BCUT2D eigenvalue weighted by atomic mass is 10.1. The molecule has 70 valence electrons. The number of nitrogen functional groups attached to an aromatic ring is 1. The van der Waals surface area contributed by atoms with Crippen LogP contribution in [0, 0.1) is 0 Å². The van der Waals surface area contributed by atoms with Gasteiger partial charge in [-0.1, -0.05) is 23.2 Å². The van der Waals surface area contributed by atoms with E-state index in [0.29, 0.717) is 16.3 Å². The molecule has 0 unspecified atom stereocenters. The van der Waals surface area contributed by atoms with E-state index in [1.54, 1.807) is 0 Å². The molecule has 5 heteroatoms. The Morgan fingerprint density at radius 3 is 2.62 bits per heavy atom. The van der Waals surface area contributed by atoms with Crippen molar-refractivity contribution in [2.24, 2.45) is 0 Å². The molecule has 1 aromatic rings. The van der Waals surface area contributed by atoms with E-state index in [2.05, 4.69) is 0 Å². The maximum absolute atomic E-state index is 10.4. The van der Waals surface area contributed by atoms with E-state index in [4.69, 9.17) is 34.0 Å². The normalized spacial score (nSPS) is 10.0. The summed E-state index contributed by atoms with van der Waals surface area (Å²) in [5.41, 5.74) is 6.21. The number of nitrogens with two attached hydrogens (primary N) is 1. The Bertz CT molecular complexity index is 352. The number of benzene rings is 1. The van der Waals surface area contributed by atoms with E-state index < -0.39 is 5.97 Å². The van der Waals surface area contributed by atoms with Crippen LogP contribution in [-0.4, -0.2) is 11.1 Å². The van der Waals surface area contributed by atoms with Gasteiger partial charge in [-0.15, -0.1) is 0 Å². The van der Waals surface area contributed by atoms with Crippen molar-refractivity contribution < 1.29 is 9.90 Å². The lowest BCUT2D eigenvalue weighted by Gasteiger charge is -2.04. The van der Waals surface area contributed by atoms with Gasteiger partial charge in [0.05, 0.1) is 17.1 Å². The molecule has 13 heavy (non-hydrogen) atoms. The van der Waals surface area contributed by atoms with Gasteiger partial charge < -0.3 is 10.8 Å². The van der Waals surface area contributed by atoms with Crippen molar-refractivity contribution in [2.45, 2.75) is 6.42 Å². The molecule has 0 amide bonds. The fourth-order valence-corrected chi connectivity index (χ4v) is 1.39. The van der Waals surface area contributed by atoms with E-state index in [1.807, 2.05) is 0 Å². The molecule has 0 bridgehead atoms. The molecule has 1 aromatic carbocycles. The lowest BCUT2D eigenvalue weighted by Crippen LogP contribution is -2.02. The summed E-state index contributed by atoms with van der Waals surface area (Å²) in [6.07, 6.45) is -0.177. The summed E-state index contributed by atoms with van der Waals surface area (Å²) in [5, 5.41) is 9.17. The molecular formula is C8H7Cl2NO2. The van der Waals surface area contributed by atoms with Crippen molar-refractivity contribution in [1.29, 1.82) is 0 Å². The summed E-state index contributed by atoms with van der Waals surface area (Å²) in [5.74, 6) is -0.969. The van der Waals surface area contributed by atoms with E-state index in [-0.39, 0.29) is 11.4 Å². The van der Waals surface area contributed by atoms with Crippen LogP contribution in [0.2, 0.25) is 10.0 Å². The van der Waals surface area contributed by atoms with Crippen molar-refractivity contribution >= 4 is 34.9 Å². The topological polar surface area (TPSA) is 63.3 Å². The van der Waals surface area contributed by atoms with Crippen molar-refractivity contribution in [2.75, 3.05) is 5.73 Å². The van der Waals surface area contributed by atoms with Gasteiger partial charge in [-0.2, -0.15) is 0 Å². The smallest absolute Gasteiger partial charge is 0.307 e. The first-order chi connectivity index (χ1) is 6.00. The van der Waals surface area contributed by atoms with Gasteiger partial charge in [0.2, 0.25) is 0 Å². The van der Waals surface area contributed by atoms with Gasteiger partial charge in [-0.05, 0) is 17.7 Å². The van der Waals surface area contributed by atoms with Gasteiger partial charge in [0.15, 0.2) is 0 Å². The van der Waals surface area contributed by atoms with E-state index >= 15 is 0 Å². The number of carbonyl (C=O) groups is 1. The Morgan fingerprint density at radius 1 is 1.46 bits per heavy atom. The second kappa shape index (κ2) is 3.85. The lowest BCUT2D eigenvalue weighted by molar-refractivity contribution is -0.136. The number of anilines is 1. The quantitative estimate of drug-likeness (QED) is 0.751. The number of rotatable bonds is 2. The average Bonchev–Trinajstić information content (AvgIpc) is 1.98. The van der Waals surface area contributed by atoms with Crippen LogP contribution in [-0.2, 0) is 11.2 Å². The van der Waals surface area contributed by atoms with Crippen molar-refractivity contribution in [3.05, 3.63) is 27.7 Å². The van der Waals surface area contributed by atoms with Crippen LogP contribution in [0.15, 0.2) is 12.1 Å². The third-order valence-electron chi connectivity index (χ3n) is 1.48. The highest BCUT2D eigenvalue weighted by Crippen LogP contribution is 2.27. The van der Waals surface area contributed by atoms with Crippen molar-refractivity contribution in [3.63, 3.8) is 0 Å². The molecule has 0 saturated carbocycles. The average molecular weight is 220 g/mol. The summed E-state index contributed by atoms with van der Waals surface area (Å²) in [6.45, 7) is 0. The summed E-state index contributed by atoms with van der Waals surface area (Å²) in [7, 11) is 0. The zero-order valence-corrected chi connectivity index (χ0v) is 8.06. The maximum atomic E-state index is 10.4. The van der Waals surface area contributed by atoms with Crippen LogP contribution in [0.4, 0.5) is 5.69 Å². The van der Waals surface area contributed by atoms with E-state index in [1.165, 1.54) is 12.1 Å². The number of carboxylic acid groups (broad SMARTS) is 1. The monoisotopic (exact) mass is 219 g/mol. The number of halogens is 2. The molecule has 0 radical (unpaired) electrons. The molecule has 0 aliphatic heterocycles. The SMILES string of the molecule is Nc1cc(Cl)cc(CC(=O)O)c1Cl. The zero-order chi connectivity index (χ0) is 10.0. The second-order valence-corrected chi connectivity index (χ2v) is 3.35. The Morgan fingerprint density at radius 2 is 2.08 bits per heavy atom. The van der Waals surface area contributed by atoms with Gasteiger partial charge in [0.25, 0.3) is 0 Å². The zero-order valence-electron chi connectivity index (χ0n) is 6.55. The molecule has 0 aromatic heterocycles. The Kier molecular flexibility index (Phi) is 3.01. The molecule has 0 spiro atoms. The molecule has 0 aliphatic rings. The van der Waals surface area contributed by atoms with Gasteiger partial charge in [0.1, 0.15) is 0 Å². The molecule has 3 nitrogen and oxygen atoms in total. The number of hydrogen-bond donors (Lipinski definition) is 2. The van der Waals surface area contributed by atoms with Gasteiger partial charge in [0, 0.05) is 5.02 Å². The van der Waals surface area contributed by atoms with Crippen LogP contribution in [0.3, 0.4) is 0 Å². The van der Waals surface area contributed by atoms with Crippen LogP contribution in [0.1, 0.15) is 5.56 Å². The fraction of sp³-hybridized carbons (Fsp3) is 0.125. The number of carboxylic acids is 1. The number of hydrogen-bond acceptors (Lipinski definition) is 2. The van der Waals surface area contributed by atoms with Crippen LogP contribution < -0.4 is 5.73 Å².